The van der Waals surface area contributed by atoms with E-state index in [4.69, 9.17) is 0 Å². The maximum atomic E-state index is 12.0. The van der Waals surface area contributed by atoms with Crippen LogP contribution in [0, 0.1) is 17.0 Å². The normalized spacial score (nSPS) is 11.2. The van der Waals surface area contributed by atoms with E-state index in [1.807, 2.05) is 0 Å². The van der Waals surface area contributed by atoms with Crippen molar-refractivity contribution in [3.63, 3.8) is 0 Å². The van der Waals surface area contributed by atoms with Gasteiger partial charge >= 0.3 is 0 Å². The number of aromatic nitrogens is 2. The lowest BCUT2D eigenvalue weighted by Crippen LogP contribution is -2.13. The van der Waals surface area contributed by atoms with E-state index in [-0.39, 0.29) is 16.3 Å². The third-order valence-electron chi connectivity index (χ3n) is 2.38. The molecule has 0 saturated heterocycles. The van der Waals surface area contributed by atoms with Crippen LogP contribution >= 0.6 is 0 Å². The number of nitrogens with one attached hydrogen (secondary N) is 2. The molecule has 0 aliphatic rings. The highest BCUT2D eigenvalue weighted by molar-refractivity contribution is 7.92. The van der Waals surface area contributed by atoms with Crippen LogP contribution in [0.1, 0.15) is 5.56 Å². The summed E-state index contributed by atoms with van der Waals surface area (Å²) in [5, 5.41) is 16.8. The Balaban J connectivity index is 2.44. The second kappa shape index (κ2) is 4.69. The van der Waals surface area contributed by atoms with E-state index in [0.29, 0.717) is 5.56 Å². The molecule has 9 heteroatoms. The molecule has 100 valence electrons. The van der Waals surface area contributed by atoms with Crippen molar-refractivity contribution in [1.82, 2.24) is 10.2 Å². The van der Waals surface area contributed by atoms with Crippen LogP contribution < -0.4 is 4.72 Å². The van der Waals surface area contributed by atoms with E-state index in [1.54, 1.807) is 6.92 Å². The van der Waals surface area contributed by atoms with Crippen molar-refractivity contribution >= 4 is 21.4 Å². The van der Waals surface area contributed by atoms with Crippen LogP contribution in [0.2, 0.25) is 0 Å². The number of nitro benzene ring substituents is 1. The van der Waals surface area contributed by atoms with Gasteiger partial charge in [0.2, 0.25) is 0 Å². The van der Waals surface area contributed by atoms with Gasteiger partial charge in [-0.25, -0.2) is 8.42 Å². The molecule has 0 bridgehead atoms. The Hall–Kier alpha value is -2.42. The number of H-pyrrole nitrogens is 1. The summed E-state index contributed by atoms with van der Waals surface area (Å²) in [6, 6.07) is 4.19. The Bertz CT molecular complexity index is 709. The molecule has 2 aromatic rings. The molecule has 1 heterocycles. The Morgan fingerprint density at radius 3 is 2.74 bits per heavy atom. The van der Waals surface area contributed by atoms with Gasteiger partial charge < -0.3 is 0 Å². The SMILES string of the molecule is Cc1ccc([N+](=O)[O-])c(NS(=O)(=O)c2cn[nH]c2)c1. The summed E-state index contributed by atoms with van der Waals surface area (Å²) in [7, 11) is -3.89. The molecule has 0 spiro atoms. The molecule has 1 aromatic heterocycles. The van der Waals surface area contributed by atoms with Crippen LogP contribution in [-0.4, -0.2) is 23.5 Å². The number of nitro groups is 1. The highest BCUT2D eigenvalue weighted by Crippen LogP contribution is 2.27. The van der Waals surface area contributed by atoms with Gasteiger partial charge in [-0.2, -0.15) is 5.10 Å². The summed E-state index contributed by atoms with van der Waals surface area (Å²) >= 11 is 0. The molecule has 0 aliphatic carbocycles. The van der Waals surface area contributed by atoms with E-state index in [2.05, 4.69) is 14.9 Å². The quantitative estimate of drug-likeness (QED) is 0.649. The molecule has 1 aromatic carbocycles. The maximum Gasteiger partial charge on any atom is 0.293 e. The largest absolute Gasteiger partial charge is 0.293 e. The maximum absolute atomic E-state index is 12.0. The highest BCUT2D eigenvalue weighted by atomic mass is 32.2. The van der Waals surface area contributed by atoms with Crippen LogP contribution in [0.5, 0.6) is 0 Å². The van der Waals surface area contributed by atoms with Crippen molar-refractivity contribution < 1.29 is 13.3 Å². The van der Waals surface area contributed by atoms with E-state index in [9.17, 15) is 18.5 Å². The summed E-state index contributed by atoms with van der Waals surface area (Å²) in [6.07, 6.45) is 2.30. The predicted octanol–water partition coefficient (Wildman–Crippen LogP) is 1.43. The van der Waals surface area contributed by atoms with Crippen molar-refractivity contribution in [2.75, 3.05) is 4.72 Å². The highest BCUT2D eigenvalue weighted by Gasteiger charge is 2.21. The van der Waals surface area contributed by atoms with Gasteiger partial charge in [-0.3, -0.25) is 19.9 Å². The zero-order chi connectivity index (χ0) is 14.0. The van der Waals surface area contributed by atoms with Crippen molar-refractivity contribution in [2.24, 2.45) is 0 Å². The second-order valence-electron chi connectivity index (χ2n) is 3.82. The summed E-state index contributed by atoms with van der Waals surface area (Å²) < 4.78 is 26.1. The van der Waals surface area contributed by atoms with Gasteiger partial charge in [-0.1, -0.05) is 6.07 Å². The smallest absolute Gasteiger partial charge is 0.284 e. The fourth-order valence-corrected chi connectivity index (χ4v) is 2.45. The number of anilines is 1. The van der Waals surface area contributed by atoms with Crippen LogP contribution in [0.4, 0.5) is 11.4 Å². The van der Waals surface area contributed by atoms with E-state index < -0.39 is 14.9 Å². The molecule has 0 radical (unpaired) electrons. The first kappa shape index (κ1) is 13.0. The Morgan fingerprint density at radius 2 is 2.16 bits per heavy atom. The number of benzene rings is 1. The standard InChI is InChI=1S/C10H10N4O4S/c1-7-2-3-10(14(15)16)9(4-7)13-19(17,18)8-5-11-12-6-8/h2-6,13H,1H3,(H,11,12). The van der Waals surface area contributed by atoms with Crippen LogP contribution in [0.15, 0.2) is 35.5 Å². The fraction of sp³-hybridized carbons (Fsp3) is 0.100. The number of rotatable bonds is 4. The Morgan fingerprint density at radius 1 is 1.42 bits per heavy atom. The first-order valence-corrected chi connectivity index (χ1v) is 6.65. The lowest BCUT2D eigenvalue weighted by molar-refractivity contribution is -0.383. The molecule has 0 atom stereocenters. The average Bonchev–Trinajstić information content (AvgIpc) is 2.81. The molecule has 2 rings (SSSR count). The number of sulfonamides is 1. The molecule has 0 saturated carbocycles. The fourth-order valence-electron chi connectivity index (χ4n) is 1.48. The van der Waals surface area contributed by atoms with Gasteiger partial charge in [-0.05, 0) is 18.6 Å². The van der Waals surface area contributed by atoms with Crippen LogP contribution in [0.3, 0.4) is 0 Å². The van der Waals surface area contributed by atoms with Gasteiger partial charge in [0.25, 0.3) is 15.7 Å². The van der Waals surface area contributed by atoms with E-state index in [1.165, 1.54) is 24.4 Å². The molecular formula is C10H10N4O4S. The predicted molar refractivity (Wildman–Crippen MR) is 67.2 cm³/mol. The van der Waals surface area contributed by atoms with Crippen molar-refractivity contribution in [3.8, 4) is 0 Å². The van der Waals surface area contributed by atoms with Gasteiger partial charge in [0.1, 0.15) is 10.6 Å². The van der Waals surface area contributed by atoms with Crippen molar-refractivity contribution in [3.05, 3.63) is 46.3 Å². The minimum Gasteiger partial charge on any atom is -0.284 e. The number of hydrogen-bond acceptors (Lipinski definition) is 5. The number of hydrogen-bond donors (Lipinski definition) is 2. The molecule has 2 N–H and O–H groups in total. The topological polar surface area (TPSA) is 118 Å². The lowest BCUT2D eigenvalue weighted by Gasteiger charge is -2.07. The van der Waals surface area contributed by atoms with Crippen molar-refractivity contribution in [1.29, 1.82) is 0 Å². The molecule has 8 nitrogen and oxygen atoms in total. The van der Waals surface area contributed by atoms with Gasteiger partial charge in [0, 0.05) is 12.3 Å². The zero-order valence-electron chi connectivity index (χ0n) is 9.82. The molecule has 0 unspecified atom stereocenters. The van der Waals surface area contributed by atoms with Gasteiger partial charge in [0.05, 0.1) is 11.1 Å². The molecule has 19 heavy (non-hydrogen) atoms. The lowest BCUT2D eigenvalue weighted by atomic mass is 10.2. The molecule has 0 fully saturated rings. The molecule has 0 amide bonds. The molecule has 0 aliphatic heterocycles. The summed E-state index contributed by atoms with van der Waals surface area (Å²) in [5.74, 6) is 0. The third-order valence-corrected chi connectivity index (χ3v) is 3.71. The third kappa shape index (κ3) is 2.71. The summed E-state index contributed by atoms with van der Waals surface area (Å²) in [4.78, 5) is 10.1. The van der Waals surface area contributed by atoms with Gasteiger partial charge in [-0.15, -0.1) is 0 Å². The zero-order valence-corrected chi connectivity index (χ0v) is 10.6. The summed E-state index contributed by atoms with van der Waals surface area (Å²) in [5.41, 5.74) is 0.319. The second-order valence-corrected chi connectivity index (χ2v) is 5.50. The summed E-state index contributed by atoms with van der Waals surface area (Å²) in [6.45, 7) is 1.71. The van der Waals surface area contributed by atoms with Crippen LogP contribution in [0.25, 0.3) is 0 Å². The number of nitrogens with zero attached hydrogens (tertiary/aromatic N) is 2. The number of aromatic amines is 1. The first-order valence-electron chi connectivity index (χ1n) is 5.17. The average molecular weight is 282 g/mol. The van der Waals surface area contributed by atoms with Crippen molar-refractivity contribution in [2.45, 2.75) is 11.8 Å². The Labute approximate surface area is 108 Å². The first-order chi connectivity index (χ1) is 8.90. The van der Waals surface area contributed by atoms with E-state index in [0.717, 1.165) is 6.20 Å². The number of aryl methyl sites for hydroxylation is 1. The Kier molecular flexibility index (Phi) is 3.21. The minimum absolute atomic E-state index is 0.0776. The monoisotopic (exact) mass is 282 g/mol. The van der Waals surface area contributed by atoms with E-state index >= 15 is 0 Å². The minimum atomic E-state index is -3.89. The molecular weight excluding hydrogens is 272 g/mol. The van der Waals surface area contributed by atoms with Gasteiger partial charge in [0.15, 0.2) is 0 Å². The van der Waals surface area contributed by atoms with Crippen LogP contribution in [-0.2, 0) is 10.0 Å².